The van der Waals surface area contributed by atoms with Crippen molar-refractivity contribution in [3.8, 4) is 0 Å². The van der Waals surface area contributed by atoms with E-state index in [1.807, 2.05) is 0 Å². The minimum absolute atomic E-state index is 0.320. The number of pyridine rings is 1. The SMILES string of the molecule is OCC(CO)(CO)NCc1cn2cc(Cl)ccc2n1. The molecule has 2 aromatic heterocycles. The minimum atomic E-state index is -1.10. The van der Waals surface area contributed by atoms with E-state index in [-0.39, 0.29) is 19.8 Å². The highest BCUT2D eigenvalue weighted by Gasteiger charge is 2.27. The summed E-state index contributed by atoms with van der Waals surface area (Å²) in [5, 5.41) is 31.1. The highest BCUT2D eigenvalue weighted by Crippen LogP contribution is 2.12. The lowest BCUT2D eigenvalue weighted by atomic mass is 10.0. The van der Waals surface area contributed by atoms with E-state index in [9.17, 15) is 15.3 Å². The molecule has 0 aliphatic rings. The molecule has 0 saturated heterocycles. The second-order valence-electron chi connectivity index (χ2n) is 4.45. The van der Waals surface area contributed by atoms with Crippen LogP contribution in [0.25, 0.3) is 5.65 Å². The third-order valence-electron chi connectivity index (χ3n) is 3.02. The summed E-state index contributed by atoms with van der Waals surface area (Å²) in [6, 6.07) is 3.55. The molecule has 0 fully saturated rings. The average Bonchev–Trinajstić information content (AvgIpc) is 2.83. The van der Waals surface area contributed by atoms with Crippen LogP contribution in [-0.4, -0.2) is 50.1 Å². The van der Waals surface area contributed by atoms with Crippen molar-refractivity contribution in [2.75, 3.05) is 19.8 Å². The predicted octanol–water partition coefficient (Wildman–Crippen LogP) is -0.207. The Labute approximate surface area is 115 Å². The third-order valence-corrected chi connectivity index (χ3v) is 3.24. The summed E-state index contributed by atoms with van der Waals surface area (Å²) >= 11 is 5.88. The standard InChI is InChI=1S/C12H16ClN3O3/c13-9-1-2-11-15-10(5-16(11)4-9)3-14-12(6-17,7-18)8-19/h1-2,4-5,14,17-19H,3,6-8H2. The fourth-order valence-electron chi connectivity index (χ4n) is 1.70. The maximum Gasteiger partial charge on any atom is 0.137 e. The summed E-state index contributed by atoms with van der Waals surface area (Å²) in [5.74, 6) is 0. The quantitative estimate of drug-likeness (QED) is 0.590. The molecule has 2 rings (SSSR count). The zero-order chi connectivity index (χ0) is 13.9. The van der Waals surface area contributed by atoms with Crippen LogP contribution in [0.1, 0.15) is 5.69 Å². The number of imidazole rings is 1. The third kappa shape index (κ3) is 3.05. The first-order valence-corrected chi connectivity index (χ1v) is 6.21. The second-order valence-corrected chi connectivity index (χ2v) is 4.89. The maximum atomic E-state index is 9.21. The van der Waals surface area contributed by atoms with Crippen LogP contribution in [-0.2, 0) is 6.54 Å². The van der Waals surface area contributed by atoms with E-state index in [2.05, 4.69) is 10.3 Å². The van der Waals surface area contributed by atoms with Crippen LogP contribution >= 0.6 is 11.6 Å². The number of rotatable bonds is 6. The average molecular weight is 286 g/mol. The number of halogens is 1. The summed E-state index contributed by atoms with van der Waals surface area (Å²) in [7, 11) is 0. The molecule has 0 atom stereocenters. The second kappa shape index (κ2) is 5.85. The van der Waals surface area contributed by atoms with E-state index in [1.54, 1.807) is 28.9 Å². The first-order valence-electron chi connectivity index (χ1n) is 5.83. The van der Waals surface area contributed by atoms with Crippen molar-refractivity contribution in [3.63, 3.8) is 0 Å². The largest absolute Gasteiger partial charge is 0.394 e. The number of nitrogens with one attached hydrogen (secondary N) is 1. The van der Waals surface area contributed by atoms with Crippen LogP contribution in [0, 0.1) is 0 Å². The molecule has 0 amide bonds. The lowest BCUT2D eigenvalue weighted by molar-refractivity contribution is 0.0412. The van der Waals surface area contributed by atoms with Gasteiger partial charge in [0.05, 0.1) is 36.1 Å². The van der Waals surface area contributed by atoms with Crippen molar-refractivity contribution in [3.05, 3.63) is 35.2 Å². The first-order chi connectivity index (χ1) is 9.12. The molecule has 0 radical (unpaired) electrons. The Kier molecular flexibility index (Phi) is 4.38. The molecule has 4 N–H and O–H groups in total. The molecule has 0 saturated carbocycles. The number of fused-ring (bicyclic) bond motifs is 1. The monoisotopic (exact) mass is 285 g/mol. The van der Waals surface area contributed by atoms with Crippen LogP contribution in [0.3, 0.4) is 0 Å². The fraction of sp³-hybridized carbons (Fsp3) is 0.417. The molecule has 0 bridgehead atoms. The van der Waals surface area contributed by atoms with Gasteiger partial charge >= 0.3 is 0 Å². The minimum Gasteiger partial charge on any atom is -0.394 e. The van der Waals surface area contributed by atoms with Crippen LogP contribution in [0.4, 0.5) is 0 Å². The van der Waals surface area contributed by atoms with Crippen molar-refractivity contribution < 1.29 is 15.3 Å². The molecule has 0 spiro atoms. The van der Waals surface area contributed by atoms with Gasteiger partial charge in [-0.15, -0.1) is 0 Å². The molecule has 19 heavy (non-hydrogen) atoms. The summed E-state index contributed by atoms with van der Waals surface area (Å²) in [4.78, 5) is 4.36. The van der Waals surface area contributed by atoms with E-state index in [0.29, 0.717) is 11.6 Å². The molecule has 104 valence electrons. The lowest BCUT2D eigenvalue weighted by Crippen LogP contribution is -2.54. The van der Waals surface area contributed by atoms with Gasteiger partial charge in [-0.25, -0.2) is 4.98 Å². The van der Waals surface area contributed by atoms with E-state index in [1.165, 1.54) is 0 Å². The Hall–Kier alpha value is -1.18. The molecule has 2 aromatic rings. The van der Waals surface area contributed by atoms with Crippen LogP contribution < -0.4 is 5.32 Å². The molecule has 0 aliphatic carbocycles. The Bertz CT molecular complexity index is 546. The molecular weight excluding hydrogens is 270 g/mol. The van der Waals surface area contributed by atoms with Crippen molar-refractivity contribution in [2.24, 2.45) is 0 Å². The molecule has 7 heteroatoms. The van der Waals surface area contributed by atoms with E-state index >= 15 is 0 Å². The van der Waals surface area contributed by atoms with Gasteiger partial charge in [-0.3, -0.25) is 5.32 Å². The summed E-state index contributed by atoms with van der Waals surface area (Å²) in [5.41, 5.74) is 0.374. The van der Waals surface area contributed by atoms with Crippen molar-refractivity contribution in [1.82, 2.24) is 14.7 Å². The van der Waals surface area contributed by atoms with Gasteiger partial charge in [0.2, 0.25) is 0 Å². The number of aliphatic hydroxyl groups excluding tert-OH is 3. The summed E-state index contributed by atoms with van der Waals surface area (Å²) < 4.78 is 1.79. The Morgan fingerprint density at radius 2 is 1.84 bits per heavy atom. The van der Waals surface area contributed by atoms with Gasteiger partial charge in [-0.05, 0) is 12.1 Å². The van der Waals surface area contributed by atoms with Gasteiger partial charge in [0.25, 0.3) is 0 Å². The summed E-state index contributed by atoms with van der Waals surface area (Å²) in [6.45, 7) is -0.765. The lowest BCUT2D eigenvalue weighted by Gasteiger charge is -2.28. The van der Waals surface area contributed by atoms with E-state index in [0.717, 1.165) is 11.3 Å². The molecule has 0 aliphatic heterocycles. The first kappa shape index (κ1) is 14.2. The number of hydrogen-bond donors (Lipinski definition) is 4. The van der Waals surface area contributed by atoms with Gasteiger partial charge in [-0.1, -0.05) is 11.6 Å². The van der Waals surface area contributed by atoms with Crippen molar-refractivity contribution in [2.45, 2.75) is 12.1 Å². The fourth-order valence-corrected chi connectivity index (χ4v) is 1.87. The maximum absolute atomic E-state index is 9.21. The van der Waals surface area contributed by atoms with E-state index in [4.69, 9.17) is 11.6 Å². The van der Waals surface area contributed by atoms with Crippen LogP contribution in [0.15, 0.2) is 24.5 Å². The highest BCUT2D eigenvalue weighted by molar-refractivity contribution is 6.30. The predicted molar refractivity (Wildman–Crippen MR) is 71.0 cm³/mol. The van der Waals surface area contributed by atoms with Crippen molar-refractivity contribution >= 4 is 17.2 Å². The number of aliphatic hydroxyl groups is 3. The Balaban J connectivity index is 2.13. The number of nitrogens with zero attached hydrogens (tertiary/aromatic N) is 2. The van der Waals surface area contributed by atoms with Gasteiger partial charge < -0.3 is 19.7 Å². The topological polar surface area (TPSA) is 90.0 Å². The number of hydrogen-bond acceptors (Lipinski definition) is 5. The molecule has 0 aromatic carbocycles. The summed E-state index contributed by atoms with van der Waals surface area (Å²) in [6.07, 6.45) is 3.54. The zero-order valence-corrected chi connectivity index (χ0v) is 11.0. The van der Waals surface area contributed by atoms with E-state index < -0.39 is 5.54 Å². The smallest absolute Gasteiger partial charge is 0.137 e. The van der Waals surface area contributed by atoms with Crippen LogP contribution in [0.2, 0.25) is 5.02 Å². The van der Waals surface area contributed by atoms with Gasteiger partial charge in [0.15, 0.2) is 0 Å². The molecule has 2 heterocycles. The Morgan fingerprint density at radius 1 is 1.16 bits per heavy atom. The van der Waals surface area contributed by atoms with Crippen molar-refractivity contribution in [1.29, 1.82) is 0 Å². The van der Waals surface area contributed by atoms with Crippen LogP contribution in [0.5, 0.6) is 0 Å². The highest BCUT2D eigenvalue weighted by atomic mass is 35.5. The van der Waals surface area contributed by atoms with Gasteiger partial charge in [0, 0.05) is 18.9 Å². The van der Waals surface area contributed by atoms with Gasteiger partial charge in [0.1, 0.15) is 5.65 Å². The zero-order valence-electron chi connectivity index (χ0n) is 10.3. The van der Waals surface area contributed by atoms with Gasteiger partial charge in [-0.2, -0.15) is 0 Å². The Morgan fingerprint density at radius 3 is 2.47 bits per heavy atom. The molecule has 6 nitrogen and oxygen atoms in total. The normalized spacial score (nSPS) is 12.2. The number of aromatic nitrogens is 2. The molecular formula is C12H16ClN3O3. The molecule has 0 unspecified atom stereocenters.